The molecule has 4 rings (SSSR count). The molecule has 0 spiro atoms. The Morgan fingerprint density at radius 3 is 2.62 bits per heavy atom. The van der Waals surface area contributed by atoms with Gasteiger partial charge in [-0.3, -0.25) is 0 Å². The monoisotopic (exact) mass is 488 g/mol. The molecule has 0 saturated heterocycles. The summed E-state index contributed by atoms with van der Waals surface area (Å²) in [5.74, 6) is 0. The van der Waals surface area contributed by atoms with Crippen molar-refractivity contribution in [3.63, 3.8) is 0 Å². The lowest BCUT2D eigenvalue weighted by Crippen LogP contribution is -1.98. The molecule has 0 bridgehead atoms. The topological polar surface area (TPSA) is 17.3 Å². The minimum Gasteiger partial charge on any atom is -0.302 e. The highest BCUT2D eigenvalue weighted by atomic mass is 79.9. The molecule has 0 saturated carbocycles. The summed E-state index contributed by atoms with van der Waals surface area (Å²) in [6.45, 7) is 2.09. The quantitative estimate of drug-likeness (QED) is 0.300. The van der Waals surface area contributed by atoms with Crippen LogP contribution in [0.25, 0.3) is 16.9 Å². The van der Waals surface area contributed by atoms with Crippen molar-refractivity contribution in [2.75, 3.05) is 0 Å². The molecule has 2 aromatic carbocycles. The zero-order valence-corrected chi connectivity index (χ0v) is 17.9. The predicted octanol–water partition coefficient (Wildman–Crippen LogP) is 7.08. The minimum atomic E-state index is 0.748. The van der Waals surface area contributed by atoms with E-state index in [2.05, 4.69) is 73.6 Å². The normalized spacial score (nSPS) is 11.2. The first-order chi connectivity index (χ1) is 12.5. The van der Waals surface area contributed by atoms with Crippen molar-refractivity contribution in [1.82, 2.24) is 9.38 Å². The summed E-state index contributed by atoms with van der Waals surface area (Å²) in [6, 6.07) is 18.3. The SMILES string of the molecule is Cc1cc(Br)c2nc(-c3cccc(Br)c3)c(Cc3cccc(Cl)c3)n2c1. The highest BCUT2D eigenvalue weighted by Gasteiger charge is 2.17. The molecule has 0 fully saturated rings. The molecule has 130 valence electrons. The third kappa shape index (κ3) is 3.46. The third-order valence-corrected chi connectivity index (χ3v) is 5.58. The zero-order valence-electron chi connectivity index (χ0n) is 14.0. The zero-order chi connectivity index (χ0) is 18.3. The Morgan fingerprint density at radius 2 is 1.85 bits per heavy atom. The molecule has 0 amide bonds. The van der Waals surface area contributed by atoms with Crippen molar-refractivity contribution in [3.05, 3.63) is 91.6 Å². The summed E-state index contributed by atoms with van der Waals surface area (Å²) in [5, 5.41) is 0.748. The van der Waals surface area contributed by atoms with Gasteiger partial charge in [0.2, 0.25) is 0 Å². The Hall–Kier alpha value is -1.62. The summed E-state index contributed by atoms with van der Waals surface area (Å²) in [5.41, 5.74) is 6.47. The van der Waals surface area contributed by atoms with Gasteiger partial charge in [-0.05, 0) is 64.3 Å². The Morgan fingerprint density at radius 1 is 1.04 bits per heavy atom. The summed E-state index contributed by atoms with van der Waals surface area (Å²) in [4.78, 5) is 4.95. The molecule has 5 heteroatoms. The summed E-state index contributed by atoms with van der Waals surface area (Å²) in [7, 11) is 0. The van der Waals surface area contributed by atoms with Gasteiger partial charge in [0, 0.05) is 27.7 Å². The van der Waals surface area contributed by atoms with E-state index in [1.54, 1.807) is 0 Å². The van der Waals surface area contributed by atoms with Crippen LogP contribution in [-0.2, 0) is 6.42 Å². The van der Waals surface area contributed by atoms with E-state index in [1.807, 2.05) is 30.3 Å². The van der Waals surface area contributed by atoms with Crippen LogP contribution < -0.4 is 0 Å². The lowest BCUT2D eigenvalue weighted by molar-refractivity contribution is 1.02. The first-order valence-corrected chi connectivity index (χ1v) is 10.1. The minimum absolute atomic E-state index is 0.748. The van der Waals surface area contributed by atoms with E-state index in [0.717, 1.165) is 48.6 Å². The van der Waals surface area contributed by atoms with Gasteiger partial charge in [0.05, 0.1) is 15.9 Å². The van der Waals surface area contributed by atoms with E-state index in [9.17, 15) is 0 Å². The molecule has 0 unspecified atom stereocenters. The fourth-order valence-corrected chi connectivity index (χ4v) is 4.41. The summed E-state index contributed by atoms with van der Waals surface area (Å²) in [6.07, 6.45) is 2.88. The van der Waals surface area contributed by atoms with E-state index >= 15 is 0 Å². The number of rotatable bonds is 3. The van der Waals surface area contributed by atoms with Gasteiger partial charge < -0.3 is 4.40 Å². The Balaban J connectivity index is 1.97. The van der Waals surface area contributed by atoms with Crippen LogP contribution in [0.15, 0.2) is 69.7 Å². The molecule has 2 nitrogen and oxygen atoms in total. The Kier molecular flexibility index (Phi) is 4.91. The van der Waals surface area contributed by atoms with E-state index < -0.39 is 0 Å². The Labute approximate surface area is 174 Å². The number of fused-ring (bicyclic) bond motifs is 1. The number of aryl methyl sites for hydroxylation is 1. The maximum atomic E-state index is 6.20. The van der Waals surface area contributed by atoms with Crippen molar-refractivity contribution < 1.29 is 0 Å². The third-order valence-electron chi connectivity index (χ3n) is 4.27. The van der Waals surface area contributed by atoms with E-state index in [-0.39, 0.29) is 0 Å². The van der Waals surface area contributed by atoms with Crippen LogP contribution in [0.5, 0.6) is 0 Å². The first kappa shape index (κ1) is 17.8. The van der Waals surface area contributed by atoms with Crippen LogP contribution in [-0.4, -0.2) is 9.38 Å². The van der Waals surface area contributed by atoms with Gasteiger partial charge in [0.25, 0.3) is 0 Å². The number of hydrogen-bond donors (Lipinski definition) is 0. The fraction of sp³-hybridized carbons (Fsp3) is 0.0952. The second-order valence-corrected chi connectivity index (χ2v) is 8.49. The fourth-order valence-electron chi connectivity index (χ4n) is 3.16. The van der Waals surface area contributed by atoms with Crippen LogP contribution in [0.3, 0.4) is 0 Å². The lowest BCUT2D eigenvalue weighted by Gasteiger charge is -2.08. The molecule has 2 aromatic heterocycles. The van der Waals surface area contributed by atoms with Gasteiger partial charge in [-0.2, -0.15) is 0 Å². The van der Waals surface area contributed by atoms with Gasteiger partial charge in [-0.25, -0.2) is 4.98 Å². The van der Waals surface area contributed by atoms with Gasteiger partial charge in [-0.15, -0.1) is 0 Å². The molecular weight excluding hydrogens is 476 g/mol. The van der Waals surface area contributed by atoms with Crippen LogP contribution in [0.1, 0.15) is 16.8 Å². The van der Waals surface area contributed by atoms with Gasteiger partial charge in [0.1, 0.15) is 0 Å². The highest BCUT2D eigenvalue weighted by Crippen LogP contribution is 2.31. The molecule has 26 heavy (non-hydrogen) atoms. The number of aromatic nitrogens is 2. The van der Waals surface area contributed by atoms with Gasteiger partial charge >= 0.3 is 0 Å². The van der Waals surface area contributed by atoms with E-state index in [4.69, 9.17) is 16.6 Å². The molecule has 0 aliphatic rings. The standard InChI is InChI=1S/C21H15Br2ClN2/c1-13-8-18(23)21-25-20(15-5-3-6-16(22)11-15)19(26(21)12-13)10-14-4-2-7-17(24)9-14/h2-9,11-12H,10H2,1H3. The number of halogens is 3. The molecule has 2 heterocycles. The number of nitrogens with zero attached hydrogens (tertiary/aromatic N) is 2. The van der Waals surface area contributed by atoms with Crippen LogP contribution in [0, 0.1) is 6.92 Å². The first-order valence-electron chi connectivity index (χ1n) is 8.19. The summed E-state index contributed by atoms with van der Waals surface area (Å²) < 4.78 is 4.21. The second-order valence-electron chi connectivity index (χ2n) is 6.28. The molecule has 0 aliphatic carbocycles. The van der Waals surface area contributed by atoms with Crippen molar-refractivity contribution in [3.8, 4) is 11.3 Å². The van der Waals surface area contributed by atoms with Gasteiger partial charge in [0.15, 0.2) is 5.65 Å². The smallest absolute Gasteiger partial charge is 0.152 e. The lowest BCUT2D eigenvalue weighted by atomic mass is 10.0. The Bertz CT molecular complexity index is 1120. The molecule has 0 atom stereocenters. The van der Waals surface area contributed by atoms with E-state index in [1.165, 1.54) is 5.56 Å². The van der Waals surface area contributed by atoms with Crippen LogP contribution >= 0.6 is 43.5 Å². The van der Waals surface area contributed by atoms with Gasteiger partial charge in [-0.1, -0.05) is 51.8 Å². The summed E-state index contributed by atoms with van der Waals surface area (Å²) >= 11 is 13.4. The second kappa shape index (κ2) is 7.18. The molecule has 0 radical (unpaired) electrons. The van der Waals surface area contributed by atoms with Crippen molar-refractivity contribution >= 4 is 49.1 Å². The number of hydrogen-bond acceptors (Lipinski definition) is 1. The number of pyridine rings is 1. The molecular formula is C21H15Br2ClN2. The van der Waals surface area contributed by atoms with Crippen molar-refractivity contribution in [2.24, 2.45) is 0 Å². The van der Waals surface area contributed by atoms with Crippen molar-refractivity contribution in [2.45, 2.75) is 13.3 Å². The van der Waals surface area contributed by atoms with Crippen molar-refractivity contribution in [1.29, 1.82) is 0 Å². The highest BCUT2D eigenvalue weighted by molar-refractivity contribution is 9.11. The average Bonchev–Trinajstić information content (AvgIpc) is 2.94. The maximum Gasteiger partial charge on any atom is 0.152 e. The number of benzene rings is 2. The maximum absolute atomic E-state index is 6.20. The largest absolute Gasteiger partial charge is 0.302 e. The molecule has 0 N–H and O–H groups in total. The van der Waals surface area contributed by atoms with Crippen LogP contribution in [0.2, 0.25) is 5.02 Å². The average molecular weight is 491 g/mol. The number of imidazole rings is 1. The van der Waals surface area contributed by atoms with E-state index in [0.29, 0.717) is 0 Å². The predicted molar refractivity (Wildman–Crippen MR) is 115 cm³/mol. The molecule has 4 aromatic rings. The molecule has 0 aliphatic heterocycles. The van der Waals surface area contributed by atoms with Crippen LogP contribution in [0.4, 0.5) is 0 Å².